The maximum atomic E-state index is 13.5. The maximum absolute atomic E-state index is 13.5. The van der Waals surface area contributed by atoms with Gasteiger partial charge < -0.3 is 15.2 Å². The fourth-order valence-electron chi connectivity index (χ4n) is 1.61. The van der Waals surface area contributed by atoms with Crippen molar-refractivity contribution in [2.24, 2.45) is 5.73 Å². The molecule has 1 rings (SSSR count). The molecule has 0 amide bonds. The summed E-state index contributed by atoms with van der Waals surface area (Å²) in [5, 5.41) is 0. The third-order valence-electron chi connectivity index (χ3n) is 2.42. The molecule has 0 unspecified atom stereocenters. The highest BCUT2D eigenvalue weighted by Gasteiger charge is 2.09. The quantitative estimate of drug-likeness (QED) is 0.807. The van der Waals surface area contributed by atoms with Crippen molar-refractivity contribution in [2.75, 3.05) is 20.8 Å². The Morgan fingerprint density at radius 2 is 2.00 bits per heavy atom. The first kappa shape index (κ1) is 12.9. The van der Waals surface area contributed by atoms with Crippen LogP contribution in [0, 0.1) is 5.82 Å². The summed E-state index contributed by atoms with van der Waals surface area (Å²) in [5.41, 5.74) is 7.33. The van der Waals surface area contributed by atoms with E-state index in [1.165, 1.54) is 13.2 Å². The average Bonchev–Trinajstić information content (AvgIpc) is 2.29. The van der Waals surface area contributed by atoms with Crippen LogP contribution >= 0.6 is 0 Å². The number of hydrogen-bond donors (Lipinski definition) is 1. The van der Waals surface area contributed by atoms with Crippen LogP contribution in [0.5, 0.6) is 5.75 Å². The Kier molecular flexibility index (Phi) is 5.22. The predicted molar refractivity (Wildman–Crippen MR) is 61.0 cm³/mol. The topological polar surface area (TPSA) is 44.5 Å². The van der Waals surface area contributed by atoms with Crippen LogP contribution in [0.15, 0.2) is 12.1 Å². The van der Waals surface area contributed by atoms with E-state index in [1.807, 2.05) is 0 Å². The Bertz CT molecular complexity index is 342. The molecule has 90 valence electrons. The van der Waals surface area contributed by atoms with E-state index in [0.29, 0.717) is 13.2 Å². The second kappa shape index (κ2) is 6.45. The zero-order valence-electron chi connectivity index (χ0n) is 9.75. The van der Waals surface area contributed by atoms with Gasteiger partial charge in [-0.3, -0.25) is 0 Å². The average molecular weight is 227 g/mol. The number of halogens is 1. The number of benzene rings is 1. The van der Waals surface area contributed by atoms with Crippen molar-refractivity contribution in [1.29, 1.82) is 0 Å². The van der Waals surface area contributed by atoms with Crippen LogP contribution in [0.25, 0.3) is 0 Å². The van der Waals surface area contributed by atoms with Crippen molar-refractivity contribution < 1.29 is 13.9 Å². The van der Waals surface area contributed by atoms with Crippen LogP contribution in [-0.2, 0) is 17.8 Å². The summed E-state index contributed by atoms with van der Waals surface area (Å²) in [6.07, 6.45) is 1.60. The molecule has 1 aromatic rings. The van der Waals surface area contributed by atoms with Gasteiger partial charge in [-0.1, -0.05) is 0 Å². The second-order valence-electron chi connectivity index (χ2n) is 3.58. The van der Waals surface area contributed by atoms with E-state index in [-0.39, 0.29) is 11.6 Å². The fraction of sp³-hybridized carbons (Fsp3) is 0.500. The minimum atomic E-state index is -0.339. The first-order valence-corrected chi connectivity index (χ1v) is 5.27. The Balaban J connectivity index is 2.98. The Hall–Kier alpha value is -1.13. The molecule has 0 spiro atoms. The van der Waals surface area contributed by atoms with Gasteiger partial charge in [0.2, 0.25) is 0 Å². The zero-order chi connectivity index (χ0) is 12.0. The van der Waals surface area contributed by atoms with Gasteiger partial charge in [0, 0.05) is 7.11 Å². The van der Waals surface area contributed by atoms with Crippen molar-refractivity contribution in [2.45, 2.75) is 19.4 Å². The molecule has 2 N–H and O–H groups in total. The Morgan fingerprint density at radius 3 is 2.56 bits per heavy atom. The molecule has 0 radical (unpaired) electrons. The molecule has 1 aromatic carbocycles. The van der Waals surface area contributed by atoms with Crippen LogP contribution in [0.2, 0.25) is 0 Å². The molecule has 3 nitrogen and oxygen atoms in total. The van der Waals surface area contributed by atoms with Gasteiger partial charge in [0.25, 0.3) is 0 Å². The molecular formula is C12H18FNO2. The van der Waals surface area contributed by atoms with Crippen molar-refractivity contribution in [3.8, 4) is 5.75 Å². The molecule has 0 aliphatic carbocycles. The lowest BCUT2D eigenvalue weighted by Crippen LogP contribution is -2.04. The van der Waals surface area contributed by atoms with Gasteiger partial charge in [0.1, 0.15) is 0 Å². The summed E-state index contributed by atoms with van der Waals surface area (Å²) in [5.74, 6) is -0.0853. The van der Waals surface area contributed by atoms with Gasteiger partial charge in [-0.05, 0) is 42.6 Å². The molecule has 0 aliphatic heterocycles. The normalized spacial score (nSPS) is 10.5. The number of ether oxygens (including phenoxy) is 2. The van der Waals surface area contributed by atoms with E-state index < -0.39 is 0 Å². The van der Waals surface area contributed by atoms with E-state index in [9.17, 15) is 4.39 Å². The first-order valence-electron chi connectivity index (χ1n) is 5.27. The molecule has 0 atom stereocenters. The predicted octanol–water partition coefficient (Wildman–Crippen LogP) is 1.87. The van der Waals surface area contributed by atoms with E-state index >= 15 is 0 Å². The lowest BCUT2D eigenvalue weighted by molar-refractivity contribution is 0.183. The van der Waals surface area contributed by atoms with Crippen molar-refractivity contribution in [3.05, 3.63) is 29.1 Å². The third-order valence-corrected chi connectivity index (χ3v) is 2.42. The number of hydrogen-bond acceptors (Lipinski definition) is 3. The Morgan fingerprint density at radius 1 is 1.25 bits per heavy atom. The number of nitrogens with two attached hydrogens (primary N) is 1. The lowest BCUT2D eigenvalue weighted by Gasteiger charge is -2.11. The fourth-order valence-corrected chi connectivity index (χ4v) is 1.61. The number of methoxy groups -OCH3 is 2. The molecule has 0 heterocycles. The smallest absolute Gasteiger partial charge is 0.165 e. The van der Waals surface area contributed by atoms with Gasteiger partial charge in [0.05, 0.1) is 13.7 Å². The summed E-state index contributed by atoms with van der Waals surface area (Å²) in [6.45, 7) is 1.05. The van der Waals surface area contributed by atoms with Crippen molar-refractivity contribution in [3.63, 3.8) is 0 Å². The second-order valence-corrected chi connectivity index (χ2v) is 3.58. The van der Waals surface area contributed by atoms with Crippen LogP contribution in [0.4, 0.5) is 4.39 Å². The highest BCUT2D eigenvalue weighted by Crippen LogP contribution is 2.23. The zero-order valence-corrected chi connectivity index (χ0v) is 9.75. The van der Waals surface area contributed by atoms with Crippen LogP contribution < -0.4 is 10.5 Å². The number of rotatable bonds is 6. The van der Waals surface area contributed by atoms with Crippen LogP contribution in [-0.4, -0.2) is 20.8 Å². The highest BCUT2D eigenvalue weighted by molar-refractivity contribution is 5.37. The molecule has 0 fully saturated rings. The van der Waals surface area contributed by atoms with E-state index in [2.05, 4.69) is 0 Å². The molecule has 16 heavy (non-hydrogen) atoms. The maximum Gasteiger partial charge on any atom is 0.165 e. The van der Waals surface area contributed by atoms with Crippen LogP contribution in [0.3, 0.4) is 0 Å². The summed E-state index contributed by atoms with van der Waals surface area (Å²) >= 11 is 0. The van der Waals surface area contributed by atoms with Gasteiger partial charge >= 0.3 is 0 Å². The number of aryl methyl sites for hydroxylation is 1. The molecule has 0 bridgehead atoms. The van der Waals surface area contributed by atoms with Crippen molar-refractivity contribution in [1.82, 2.24) is 0 Å². The van der Waals surface area contributed by atoms with Gasteiger partial charge in [-0.2, -0.15) is 0 Å². The summed E-state index contributed by atoms with van der Waals surface area (Å²) in [7, 11) is 3.07. The molecule has 0 aromatic heterocycles. The lowest BCUT2D eigenvalue weighted by atomic mass is 10.0. The molecule has 0 saturated carbocycles. The van der Waals surface area contributed by atoms with E-state index in [0.717, 1.165) is 24.0 Å². The SMILES string of the molecule is COCc1cc(OC)c(F)cc1CCCN. The standard InChI is InChI=1S/C12H18FNO2/c1-15-8-10-7-12(16-2)11(13)6-9(10)4-3-5-14/h6-7H,3-5,8,14H2,1-2H3. The van der Waals surface area contributed by atoms with Crippen LogP contribution in [0.1, 0.15) is 17.5 Å². The molecule has 0 saturated heterocycles. The van der Waals surface area contributed by atoms with Gasteiger partial charge in [-0.25, -0.2) is 4.39 Å². The summed E-state index contributed by atoms with van der Waals surface area (Å²) in [6, 6.07) is 3.19. The van der Waals surface area contributed by atoms with E-state index in [4.69, 9.17) is 15.2 Å². The third kappa shape index (κ3) is 3.18. The largest absolute Gasteiger partial charge is 0.494 e. The first-order chi connectivity index (χ1) is 7.72. The molecule has 4 heteroatoms. The monoisotopic (exact) mass is 227 g/mol. The van der Waals surface area contributed by atoms with Crippen molar-refractivity contribution >= 4 is 0 Å². The summed E-state index contributed by atoms with van der Waals surface area (Å²) in [4.78, 5) is 0. The molecular weight excluding hydrogens is 209 g/mol. The minimum Gasteiger partial charge on any atom is -0.494 e. The summed E-state index contributed by atoms with van der Waals surface area (Å²) < 4.78 is 23.5. The van der Waals surface area contributed by atoms with E-state index in [1.54, 1.807) is 13.2 Å². The molecule has 0 aliphatic rings. The highest BCUT2D eigenvalue weighted by atomic mass is 19.1. The minimum absolute atomic E-state index is 0.253. The van der Waals surface area contributed by atoms with Gasteiger partial charge in [-0.15, -0.1) is 0 Å². The van der Waals surface area contributed by atoms with Gasteiger partial charge in [0.15, 0.2) is 11.6 Å². The Labute approximate surface area is 95.4 Å².